The first kappa shape index (κ1) is 26.4. The minimum atomic E-state index is 0.642. The van der Waals surface area contributed by atoms with Gasteiger partial charge in [-0.2, -0.15) is 0 Å². The molecule has 0 fully saturated rings. The number of rotatable bonds is 15. The monoisotopic (exact) mass is 384 g/mol. The van der Waals surface area contributed by atoms with E-state index in [0.29, 0.717) is 6.42 Å². The maximum atomic E-state index is 10.3. The van der Waals surface area contributed by atoms with Gasteiger partial charge in [-0.15, -0.1) is 0 Å². The van der Waals surface area contributed by atoms with Crippen molar-refractivity contribution in [3.8, 4) is 0 Å². The predicted molar refractivity (Wildman–Crippen MR) is 127 cm³/mol. The zero-order valence-corrected chi connectivity index (χ0v) is 19.4. The molecule has 28 heavy (non-hydrogen) atoms. The lowest BCUT2D eigenvalue weighted by atomic mass is 10.0. The van der Waals surface area contributed by atoms with Crippen LogP contribution in [0.2, 0.25) is 0 Å². The SMILES string of the molecule is CC(C)=CCCC(C)=CCCC(C)=CCCC=C(C)CCC(C)=CCCC=O. The van der Waals surface area contributed by atoms with Gasteiger partial charge < -0.3 is 4.79 Å². The van der Waals surface area contributed by atoms with E-state index in [1.165, 1.54) is 47.1 Å². The number of carbonyl (C=O) groups is 1. The smallest absolute Gasteiger partial charge is 0.120 e. The first-order valence-corrected chi connectivity index (χ1v) is 11.0. The third-order valence-corrected chi connectivity index (χ3v) is 4.97. The lowest BCUT2D eigenvalue weighted by Crippen LogP contribution is -1.83. The highest BCUT2D eigenvalue weighted by molar-refractivity contribution is 5.49. The molecule has 0 N–H and O–H groups in total. The minimum absolute atomic E-state index is 0.642. The summed E-state index contributed by atoms with van der Waals surface area (Å²) in [4.78, 5) is 10.3. The van der Waals surface area contributed by atoms with Gasteiger partial charge in [0.2, 0.25) is 0 Å². The van der Waals surface area contributed by atoms with Crippen LogP contribution in [0.1, 0.15) is 106 Å². The van der Waals surface area contributed by atoms with Crippen LogP contribution in [0, 0.1) is 0 Å². The Balaban J connectivity index is 4.03. The van der Waals surface area contributed by atoms with Gasteiger partial charge in [0.05, 0.1) is 0 Å². The molecule has 0 radical (unpaired) electrons. The summed E-state index contributed by atoms with van der Waals surface area (Å²) < 4.78 is 0. The summed E-state index contributed by atoms with van der Waals surface area (Å²) >= 11 is 0. The lowest BCUT2D eigenvalue weighted by molar-refractivity contribution is -0.107. The molecule has 0 rings (SSSR count). The van der Waals surface area contributed by atoms with Crippen LogP contribution in [0.3, 0.4) is 0 Å². The van der Waals surface area contributed by atoms with Crippen LogP contribution in [0.4, 0.5) is 0 Å². The number of hydrogen-bond acceptors (Lipinski definition) is 1. The predicted octanol–water partition coefficient (Wildman–Crippen LogP) is 8.84. The number of carbonyl (C=O) groups excluding carboxylic acids is 1. The van der Waals surface area contributed by atoms with E-state index >= 15 is 0 Å². The van der Waals surface area contributed by atoms with E-state index in [2.05, 4.69) is 71.9 Å². The third-order valence-electron chi connectivity index (χ3n) is 4.97. The van der Waals surface area contributed by atoms with Gasteiger partial charge in [-0.25, -0.2) is 0 Å². The molecule has 0 unspecified atom stereocenters. The molecule has 0 aromatic rings. The normalized spacial score (nSPS) is 13.6. The largest absolute Gasteiger partial charge is 0.303 e. The number of hydrogen-bond donors (Lipinski definition) is 0. The van der Waals surface area contributed by atoms with Crippen molar-refractivity contribution in [1.29, 1.82) is 0 Å². The van der Waals surface area contributed by atoms with Gasteiger partial charge in [-0.1, -0.05) is 58.2 Å². The quantitative estimate of drug-likeness (QED) is 0.156. The number of allylic oxidation sites excluding steroid dienone is 10. The van der Waals surface area contributed by atoms with Crippen LogP contribution in [-0.2, 0) is 4.79 Å². The maximum absolute atomic E-state index is 10.3. The molecule has 0 aliphatic rings. The zero-order valence-electron chi connectivity index (χ0n) is 19.4. The van der Waals surface area contributed by atoms with Crippen LogP contribution >= 0.6 is 0 Å². The summed E-state index contributed by atoms with van der Waals surface area (Å²) in [6.07, 6.45) is 23.4. The fraction of sp³-hybridized carbons (Fsp3) is 0.593. The molecule has 0 aliphatic heterocycles. The Bertz CT molecular complexity index is 577. The van der Waals surface area contributed by atoms with Crippen molar-refractivity contribution in [2.45, 2.75) is 106 Å². The molecule has 0 heterocycles. The van der Waals surface area contributed by atoms with Crippen molar-refractivity contribution in [3.63, 3.8) is 0 Å². The number of unbranched alkanes of at least 4 members (excludes halogenated alkanes) is 2. The Labute approximate surface area is 175 Å². The van der Waals surface area contributed by atoms with Crippen molar-refractivity contribution in [2.24, 2.45) is 0 Å². The summed E-state index contributed by atoms with van der Waals surface area (Å²) in [7, 11) is 0. The highest BCUT2D eigenvalue weighted by atomic mass is 16.1. The molecule has 0 aromatic heterocycles. The van der Waals surface area contributed by atoms with Crippen molar-refractivity contribution < 1.29 is 4.79 Å². The second-order valence-electron chi connectivity index (χ2n) is 8.38. The van der Waals surface area contributed by atoms with Crippen LogP contribution in [0.15, 0.2) is 58.2 Å². The van der Waals surface area contributed by atoms with E-state index < -0.39 is 0 Å². The summed E-state index contributed by atoms with van der Waals surface area (Å²) in [6.45, 7) is 13.3. The van der Waals surface area contributed by atoms with Gasteiger partial charge in [0.25, 0.3) is 0 Å². The summed E-state index contributed by atoms with van der Waals surface area (Å²) in [5, 5.41) is 0. The van der Waals surface area contributed by atoms with Gasteiger partial charge in [-0.3, -0.25) is 0 Å². The van der Waals surface area contributed by atoms with Crippen molar-refractivity contribution >= 4 is 6.29 Å². The van der Waals surface area contributed by atoms with E-state index in [4.69, 9.17) is 0 Å². The first-order chi connectivity index (χ1) is 13.3. The molecule has 0 saturated carbocycles. The van der Waals surface area contributed by atoms with Gasteiger partial charge >= 0.3 is 0 Å². The molecule has 0 atom stereocenters. The van der Waals surface area contributed by atoms with Crippen LogP contribution in [0.25, 0.3) is 0 Å². The maximum Gasteiger partial charge on any atom is 0.120 e. The average Bonchev–Trinajstić information content (AvgIpc) is 2.63. The van der Waals surface area contributed by atoms with Gasteiger partial charge in [0.1, 0.15) is 6.29 Å². The van der Waals surface area contributed by atoms with Crippen LogP contribution < -0.4 is 0 Å². The Morgan fingerprint density at radius 2 is 0.821 bits per heavy atom. The van der Waals surface area contributed by atoms with E-state index in [-0.39, 0.29) is 0 Å². The van der Waals surface area contributed by atoms with Crippen molar-refractivity contribution in [3.05, 3.63) is 58.2 Å². The Hall–Kier alpha value is -1.63. The molecular formula is C27H44O. The van der Waals surface area contributed by atoms with Gasteiger partial charge in [0.15, 0.2) is 0 Å². The standard InChI is InChI=1S/C27H44O/c1-23(2)13-11-17-25(4)19-12-18-24(3)14-7-8-15-26(5)20-21-27(6)16-9-10-22-28/h13-16,19,22H,7-12,17-18,20-21H2,1-6H3. The molecule has 0 bridgehead atoms. The minimum Gasteiger partial charge on any atom is -0.303 e. The topological polar surface area (TPSA) is 17.1 Å². The highest BCUT2D eigenvalue weighted by Gasteiger charge is 1.95. The van der Waals surface area contributed by atoms with Crippen molar-refractivity contribution in [1.82, 2.24) is 0 Å². The molecule has 0 aliphatic carbocycles. The van der Waals surface area contributed by atoms with Gasteiger partial charge in [0, 0.05) is 6.42 Å². The molecule has 1 nitrogen and oxygen atoms in total. The van der Waals surface area contributed by atoms with Crippen LogP contribution in [-0.4, -0.2) is 6.29 Å². The van der Waals surface area contributed by atoms with E-state index in [0.717, 1.165) is 44.8 Å². The van der Waals surface area contributed by atoms with E-state index in [1.54, 1.807) is 0 Å². The summed E-state index contributed by atoms with van der Waals surface area (Å²) in [5.74, 6) is 0. The molecule has 158 valence electrons. The Kier molecular flexibility index (Phi) is 16.5. The fourth-order valence-corrected chi connectivity index (χ4v) is 2.99. The molecule has 0 amide bonds. The van der Waals surface area contributed by atoms with E-state index in [1.807, 2.05) is 0 Å². The molecular weight excluding hydrogens is 340 g/mol. The first-order valence-electron chi connectivity index (χ1n) is 11.0. The van der Waals surface area contributed by atoms with Gasteiger partial charge in [-0.05, 0) is 99.3 Å². The Morgan fingerprint density at radius 3 is 1.25 bits per heavy atom. The van der Waals surface area contributed by atoms with Crippen molar-refractivity contribution in [2.75, 3.05) is 0 Å². The molecule has 0 aromatic carbocycles. The zero-order chi connectivity index (χ0) is 21.2. The summed E-state index contributed by atoms with van der Waals surface area (Å²) in [5.41, 5.74) is 7.31. The highest BCUT2D eigenvalue weighted by Crippen LogP contribution is 2.15. The Morgan fingerprint density at radius 1 is 0.464 bits per heavy atom. The molecule has 0 saturated heterocycles. The van der Waals surface area contributed by atoms with Crippen LogP contribution in [0.5, 0.6) is 0 Å². The molecule has 1 heteroatoms. The fourth-order valence-electron chi connectivity index (χ4n) is 2.99. The summed E-state index contributed by atoms with van der Waals surface area (Å²) in [6, 6.07) is 0. The third kappa shape index (κ3) is 17.8. The lowest BCUT2D eigenvalue weighted by Gasteiger charge is -2.03. The van der Waals surface area contributed by atoms with E-state index in [9.17, 15) is 4.79 Å². The second-order valence-corrected chi connectivity index (χ2v) is 8.38. The number of aldehydes is 1. The average molecular weight is 385 g/mol. The molecule has 0 spiro atoms. The second kappa shape index (κ2) is 17.5.